The van der Waals surface area contributed by atoms with Crippen LogP contribution in [0.15, 0.2) is 42.5 Å². The van der Waals surface area contributed by atoms with Crippen molar-refractivity contribution in [2.24, 2.45) is 0 Å². The van der Waals surface area contributed by atoms with Crippen LogP contribution in [0.3, 0.4) is 0 Å². The Kier molecular flexibility index (Phi) is 6.19. The van der Waals surface area contributed by atoms with Gasteiger partial charge >= 0.3 is 6.09 Å². The van der Waals surface area contributed by atoms with Crippen molar-refractivity contribution >= 4 is 12.0 Å². The molecule has 3 rings (SSSR count). The maximum atomic E-state index is 12.7. The Balaban J connectivity index is 1.66. The molecular weight excluding hydrogens is 374 g/mol. The van der Waals surface area contributed by atoms with Crippen molar-refractivity contribution in [1.82, 2.24) is 10.2 Å². The van der Waals surface area contributed by atoms with Crippen LogP contribution in [0, 0.1) is 11.3 Å². The van der Waals surface area contributed by atoms with Gasteiger partial charge in [0.05, 0.1) is 32.4 Å². The zero-order valence-electron chi connectivity index (χ0n) is 16.2. The number of hydrogen-bond acceptors (Lipinski definition) is 6. The summed E-state index contributed by atoms with van der Waals surface area (Å²) in [6.07, 6.45) is -0.544. The molecule has 0 radical (unpaired) electrons. The van der Waals surface area contributed by atoms with Gasteiger partial charge in [-0.2, -0.15) is 5.26 Å². The second-order valence-corrected chi connectivity index (χ2v) is 6.47. The van der Waals surface area contributed by atoms with Gasteiger partial charge in [0.2, 0.25) is 5.91 Å². The standard InChI is InChI=1S/C21H21N3O5/c1-27-17-7-16(8-18(9-17)28-2)11-23-20(25)19-13-29-21(26)24(19)12-15-5-3-14(10-22)4-6-15/h3-9,19H,11-13H2,1-2H3,(H,23,25)/t19-/m0/s1. The second-order valence-electron chi connectivity index (χ2n) is 6.47. The van der Waals surface area contributed by atoms with Crippen LogP contribution in [0.1, 0.15) is 16.7 Å². The molecule has 150 valence electrons. The molecule has 0 unspecified atom stereocenters. The quantitative estimate of drug-likeness (QED) is 0.771. The Morgan fingerprint density at radius 2 is 1.83 bits per heavy atom. The van der Waals surface area contributed by atoms with Crippen LogP contribution in [-0.2, 0) is 22.6 Å². The van der Waals surface area contributed by atoms with Crippen molar-refractivity contribution in [2.45, 2.75) is 19.1 Å². The molecule has 0 bridgehead atoms. The minimum atomic E-state index is -0.731. The van der Waals surface area contributed by atoms with Gasteiger partial charge in [-0.3, -0.25) is 9.69 Å². The number of methoxy groups -OCH3 is 2. The Morgan fingerprint density at radius 1 is 1.17 bits per heavy atom. The highest BCUT2D eigenvalue weighted by molar-refractivity contribution is 5.87. The van der Waals surface area contributed by atoms with Crippen LogP contribution >= 0.6 is 0 Å². The smallest absolute Gasteiger partial charge is 0.410 e. The molecule has 0 saturated carbocycles. The van der Waals surface area contributed by atoms with Crippen LogP contribution in [-0.4, -0.2) is 43.8 Å². The normalized spacial score (nSPS) is 15.4. The predicted octanol–water partition coefficient (Wildman–Crippen LogP) is 2.21. The first kappa shape index (κ1) is 20.0. The summed E-state index contributed by atoms with van der Waals surface area (Å²) in [6.45, 7) is 0.458. The van der Waals surface area contributed by atoms with E-state index >= 15 is 0 Å². The number of carbonyl (C=O) groups excluding carboxylic acids is 2. The van der Waals surface area contributed by atoms with Crippen molar-refractivity contribution < 1.29 is 23.8 Å². The lowest BCUT2D eigenvalue weighted by Gasteiger charge is -2.21. The first-order valence-corrected chi connectivity index (χ1v) is 8.96. The van der Waals surface area contributed by atoms with E-state index in [9.17, 15) is 9.59 Å². The number of ether oxygens (including phenoxy) is 3. The van der Waals surface area contributed by atoms with Gasteiger partial charge in [-0.1, -0.05) is 12.1 Å². The number of benzene rings is 2. The van der Waals surface area contributed by atoms with Gasteiger partial charge in [-0.05, 0) is 35.4 Å². The lowest BCUT2D eigenvalue weighted by molar-refractivity contribution is -0.125. The Bertz CT molecular complexity index is 914. The van der Waals surface area contributed by atoms with Gasteiger partial charge in [-0.25, -0.2) is 4.79 Å². The molecule has 1 fully saturated rings. The van der Waals surface area contributed by atoms with Crippen molar-refractivity contribution in [2.75, 3.05) is 20.8 Å². The Hall–Kier alpha value is -3.73. The van der Waals surface area contributed by atoms with E-state index in [1.165, 1.54) is 4.90 Å². The lowest BCUT2D eigenvalue weighted by atomic mass is 10.1. The Labute approximate surface area is 168 Å². The fourth-order valence-corrected chi connectivity index (χ4v) is 3.00. The van der Waals surface area contributed by atoms with E-state index < -0.39 is 12.1 Å². The molecule has 1 atom stereocenters. The molecule has 0 aromatic heterocycles. The molecule has 1 heterocycles. The highest BCUT2D eigenvalue weighted by atomic mass is 16.6. The van der Waals surface area contributed by atoms with Crippen molar-refractivity contribution in [3.05, 3.63) is 59.2 Å². The number of nitriles is 1. The van der Waals surface area contributed by atoms with E-state index in [4.69, 9.17) is 19.5 Å². The van der Waals surface area contributed by atoms with Crippen LogP contribution < -0.4 is 14.8 Å². The molecule has 0 spiro atoms. The first-order chi connectivity index (χ1) is 14.0. The minimum absolute atomic E-state index is 0.0115. The van der Waals surface area contributed by atoms with Gasteiger partial charge in [0.25, 0.3) is 0 Å². The molecule has 1 aliphatic rings. The van der Waals surface area contributed by atoms with Crippen molar-refractivity contribution in [3.63, 3.8) is 0 Å². The summed E-state index contributed by atoms with van der Waals surface area (Å²) in [7, 11) is 3.11. The largest absolute Gasteiger partial charge is 0.497 e. The monoisotopic (exact) mass is 395 g/mol. The average Bonchev–Trinajstić information content (AvgIpc) is 3.12. The minimum Gasteiger partial charge on any atom is -0.497 e. The maximum absolute atomic E-state index is 12.7. The van der Waals surface area contributed by atoms with Gasteiger partial charge in [0.1, 0.15) is 24.1 Å². The number of amides is 2. The average molecular weight is 395 g/mol. The summed E-state index contributed by atoms with van der Waals surface area (Å²) in [4.78, 5) is 26.2. The maximum Gasteiger partial charge on any atom is 0.410 e. The fraction of sp³-hybridized carbons (Fsp3) is 0.286. The summed E-state index contributed by atoms with van der Waals surface area (Å²) in [6, 6.07) is 13.5. The van der Waals surface area contributed by atoms with Gasteiger partial charge in [0.15, 0.2) is 0 Å². The molecular formula is C21H21N3O5. The number of cyclic esters (lactones) is 1. The number of nitrogens with one attached hydrogen (secondary N) is 1. The number of rotatable bonds is 7. The molecule has 0 aliphatic carbocycles. The van der Waals surface area contributed by atoms with Gasteiger partial charge in [-0.15, -0.1) is 0 Å². The molecule has 2 aromatic carbocycles. The Morgan fingerprint density at radius 3 is 2.41 bits per heavy atom. The van der Waals surface area contributed by atoms with Crippen LogP contribution in [0.2, 0.25) is 0 Å². The summed E-state index contributed by atoms with van der Waals surface area (Å²) in [5, 5.41) is 11.7. The predicted molar refractivity (Wildman–Crippen MR) is 103 cm³/mol. The molecule has 8 heteroatoms. The molecule has 2 aromatic rings. The van der Waals surface area contributed by atoms with E-state index in [1.807, 2.05) is 6.07 Å². The molecule has 1 saturated heterocycles. The number of nitrogens with zero attached hydrogens (tertiary/aromatic N) is 2. The van der Waals surface area contributed by atoms with Crippen LogP contribution in [0.5, 0.6) is 11.5 Å². The highest BCUT2D eigenvalue weighted by Gasteiger charge is 2.37. The molecule has 8 nitrogen and oxygen atoms in total. The summed E-state index contributed by atoms with van der Waals surface area (Å²) >= 11 is 0. The van der Waals surface area contributed by atoms with Crippen molar-refractivity contribution in [1.29, 1.82) is 5.26 Å². The van der Waals surface area contributed by atoms with Gasteiger partial charge < -0.3 is 19.5 Å². The summed E-state index contributed by atoms with van der Waals surface area (Å²) in [5.74, 6) is 0.928. The third-order valence-corrected chi connectivity index (χ3v) is 4.59. The van der Waals surface area contributed by atoms with E-state index in [0.29, 0.717) is 17.1 Å². The van der Waals surface area contributed by atoms with Crippen LogP contribution in [0.4, 0.5) is 4.79 Å². The third kappa shape index (κ3) is 4.76. The molecule has 2 amide bonds. The summed E-state index contributed by atoms with van der Waals surface area (Å²) < 4.78 is 15.5. The van der Waals surface area contributed by atoms with E-state index in [0.717, 1.165) is 11.1 Å². The third-order valence-electron chi connectivity index (χ3n) is 4.59. The highest BCUT2D eigenvalue weighted by Crippen LogP contribution is 2.23. The fourth-order valence-electron chi connectivity index (χ4n) is 3.00. The zero-order chi connectivity index (χ0) is 20.8. The van der Waals surface area contributed by atoms with E-state index in [1.54, 1.807) is 56.7 Å². The second kappa shape index (κ2) is 8.97. The SMILES string of the molecule is COc1cc(CNC(=O)[C@@H]2COC(=O)N2Cc2ccc(C#N)cc2)cc(OC)c1. The molecule has 29 heavy (non-hydrogen) atoms. The topological polar surface area (TPSA) is 101 Å². The number of carbonyl (C=O) groups is 2. The summed E-state index contributed by atoms with van der Waals surface area (Å²) in [5.41, 5.74) is 2.14. The van der Waals surface area contributed by atoms with Crippen LogP contribution in [0.25, 0.3) is 0 Å². The van der Waals surface area contributed by atoms with E-state index in [2.05, 4.69) is 5.32 Å². The molecule has 1 aliphatic heterocycles. The molecule has 1 N–H and O–H groups in total. The number of hydrogen-bond donors (Lipinski definition) is 1. The van der Waals surface area contributed by atoms with Crippen molar-refractivity contribution in [3.8, 4) is 17.6 Å². The van der Waals surface area contributed by atoms with Gasteiger partial charge in [0, 0.05) is 12.6 Å². The van der Waals surface area contributed by atoms with E-state index in [-0.39, 0.29) is 25.6 Å². The lowest BCUT2D eigenvalue weighted by Crippen LogP contribution is -2.45. The zero-order valence-corrected chi connectivity index (χ0v) is 16.2. The first-order valence-electron chi connectivity index (χ1n) is 8.96.